The van der Waals surface area contributed by atoms with Crippen LogP contribution in [0, 0.1) is 0 Å². The minimum Gasteiger partial charge on any atom is -0.459 e. The normalized spacial score (nSPS) is 14.2. The molecule has 1 heterocycles. The fourth-order valence-electron chi connectivity index (χ4n) is 1.31. The second kappa shape index (κ2) is 6.58. The van der Waals surface area contributed by atoms with Crippen molar-refractivity contribution in [3.63, 3.8) is 0 Å². The Balaban J connectivity index is 2.71. The first-order valence-corrected chi connectivity index (χ1v) is 5.40. The van der Waals surface area contributed by atoms with Gasteiger partial charge in [-0.15, -0.1) is 0 Å². The highest BCUT2D eigenvalue weighted by molar-refractivity contribution is 5.67. The van der Waals surface area contributed by atoms with E-state index >= 15 is 0 Å². The van der Waals surface area contributed by atoms with Crippen LogP contribution in [0.5, 0.6) is 0 Å². The lowest BCUT2D eigenvalue weighted by Crippen LogP contribution is -2.30. The van der Waals surface area contributed by atoms with E-state index in [1.165, 1.54) is 26.5 Å². The first-order chi connectivity index (χ1) is 8.49. The van der Waals surface area contributed by atoms with Crippen molar-refractivity contribution in [1.29, 1.82) is 0 Å². The van der Waals surface area contributed by atoms with Crippen LogP contribution >= 0.6 is 0 Å². The molecule has 0 saturated carbocycles. The minimum atomic E-state index is -0.664. The number of rotatable bonds is 5. The van der Waals surface area contributed by atoms with Gasteiger partial charge in [0.1, 0.15) is 18.1 Å². The molecule has 0 N–H and O–H groups in total. The van der Waals surface area contributed by atoms with Gasteiger partial charge in [-0.1, -0.05) is 0 Å². The van der Waals surface area contributed by atoms with E-state index in [0.717, 1.165) is 0 Å². The van der Waals surface area contributed by atoms with Crippen LogP contribution in [-0.4, -0.2) is 29.1 Å². The maximum atomic E-state index is 11.0. The molecule has 0 bridgehead atoms. The smallest absolute Gasteiger partial charge is 0.303 e. The van der Waals surface area contributed by atoms with Gasteiger partial charge in [0, 0.05) is 13.8 Å². The highest BCUT2D eigenvalue weighted by Gasteiger charge is 2.20. The lowest BCUT2D eigenvalue weighted by Gasteiger charge is -2.20. The van der Waals surface area contributed by atoms with Crippen LogP contribution in [0.1, 0.15) is 26.5 Å². The van der Waals surface area contributed by atoms with E-state index in [1.54, 1.807) is 19.1 Å². The molecule has 0 aromatic carbocycles. The first-order valence-electron chi connectivity index (χ1n) is 5.40. The van der Waals surface area contributed by atoms with Crippen LogP contribution in [0.25, 0.3) is 6.08 Å². The Morgan fingerprint density at radius 2 is 2.00 bits per heavy atom. The van der Waals surface area contributed by atoms with Gasteiger partial charge in [0.2, 0.25) is 0 Å². The Kier molecular flexibility index (Phi) is 5.10. The molecule has 98 valence electrons. The molecule has 0 aliphatic carbocycles. The SMILES string of the molecule is CC(=O)OC(C)C(/C=C/c1cocn1)OC(C)=O. The summed E-state index contributed by atoms with van der Waals surface area (Å²) >= 11 is 0. The summed E-state index contributed by atoms with van der Waals surface area (Å²) in [6.07, 6.45) is 4.70. The van der Waals surface area contributed by atoms with Crippen LogP contribution in [0.3, 0.4) is 0 Å². The summed E-state index contributed by atoms with van der Waals surface area (Å²) < 4.78 is 14.8. The van der Waals surface area contributed by atoms with Crippen molar-refractivity contribution in [2.45, 2.75) is 33.0 Å². The Morgan fingerprint density at radius 3 is 2.50 bits per heavy atom. The van der Waals surface area contributed by atoms with E-state index in [4.69, 9.17) is 13.9 Å². The molecule has 18 heavy (non-hydrogen) atoms. The minimum absolute atomic E-state index is 0.436. The van der Waals surface area contributed by atoms with Crippen molar-refractivity contribution < 1.29 is 23.5 Å². The van der Waals surface area contributed by atoms with Crippen LogP contribution in [0.4, 0.5) is 0 Å². The lowest BCUT2D eigenvalue weighted by atomic mass is 10.2. The number of carbonyl (C=O) groups excluding carboxylic acids is 2. The Labute approximate surface area is 105 Å². The molecule has 0 aliphatic rings. The Hall–Kier alpha value is -2.11. The van der Waals surface area contributed by atoms with Crippen molar-refractivity contribution in [1.82, 2.24) is 4.98 Å². The molecular formula is C12H15NO5. The maximum Gasteiger partial charge on any atom is 0.303 e. The summed E-state index contributed by atoms with van der Waals surface area (Å²) in [5.41, 5.74) is 0.585. The summed E-state index contributed by atoms with van der Waals surface area (Å²) in [5.74, 6) is -0.890. The Morgan fingerprint density at radius 1 is 1.33 bits per heavy atom. The van der Waals surface area contributed by atoms with E-state index in [9.17, 15) is 9.59 Å². The largest absolute Gasteiger partial charge is 0.459 e. The van der Waals surface area contributed by atoms with Crippen molar-refractivity contribution in [3.05, 3.63) is 24.4 Å². The van der Waals surface area contributed by atoms with E-state index < -0.39 is 24.1 Å². The maximum absolute atomic E-state index is 11.0. The predicted octanol–water partition coefficient (Wildman–Crippen LogP) is 1.57. The van der Waals surface area contributed by atoms with Gasteiger partial charge in [-0.05, 0) is 19.1 Å². The zero-order valence-electron chi connectivity index (χ0n) is 10.5. The molecule has 0 fully saturated rings. The third-order valence-electron chi connectivity index (χ3n) is 2.02. The molecule has 1 rings (SSSR count). The number of hydrogen-bond donors (Lipinski definition) is 0. The predicted molar refractivity (Wildman–Crippen MR) is 62.3 cm³/mol. The fraction of sp³-hybridized carbons (Fsp3) is 0.417. The molecule has 0 aliphatic heterocycles. The van der Waals surface area contributed by atoms with E-state index in [-0.39, 0.29) is 0 Å². The topological polar surface area (TPSA) is 78.6 Å². The van der Waals surface area contributed by atoms with E-state index in [2.05, 4.69) is 4.98 Å². The quantitative estimate of drug-likeness (QED) is 0.741. The van der Waals surface area contributed by atoms with Gasteiger partial charge in [0.05, 0.1) is 0 Å². The second-order valence-corrected chi connectivity index (χ2v) is 3.66. The van der Waals surface area contributed by atoms with Crippen molar-refractivity contribution in [3.8, 4) is 0 Å². The molecule has 0 radical (unpaired) electrons. The van der Waals surface area contributed by atoms with Crippen molar-refractivity contribution >= 4 is 18.0 Å². The van der Waals surface area contributed by atoms with Gasteiger partial charge in [0.25, 0.3) is 0 Å². The highest BCUT2D eigenvalue weighted by Crippen LogP contribution is 2.09. The summed E-state index contributed by atoms with van der Waals surface area (Å²) in [7, 11) is 0. The van der Waals surface area contributed by atoms with Crippen LogP contribution < -0.4 is 0 Å². The highest BCUT2D eigenvalue weighted by atomic mass is 16.6. The molecule has 6 nitrogen and oxygen atoms in total. The standard InChI is InChI=1S/C12H15NO5/c1-8(17-9(2)14)12(18-10(3)15)5-4-11-6-16-7-13-11/h4-8,12H,1-3H3/b5-4+. The summed E-state index contributed by atoms with van der Waals surface area (Å²) in [5, 5.41) is 0. The van der Waals surface area contributed by atoms with Gasteiger partial charge < -0.3 is 13.9 Å². The average molecular weight is 253 g/mol. The number of ether oxygens (including phenoxy) is 2. The van der Waals surface area contributed by atoms with Crippen LogP contribution in [0.15, 0.2) is 23.1 Å². The molecule has 1 aromatic heterocycles. The summed E-state index contributed by atoms with van der Waals surface area (Å²) in [6, 6.07) is 0. The van der Waals surface area contributed by atoms with E-state index in [1.807, 2.05) is 0 Å². The summed E-state index contributed by atoms with van der Waals surface area (Å²) in [6.45, 7) is 4.22. The van der Waals surface area contributed by atoms with Crippen LogP contribution in [0.2, 0.25) is 0 Å². The van der Waals surface area contributed by atoms with Gasteiger partial charge in [0.15, 0.2) is 12.5 Å². The molecule has 2 unspecified atom stereocenters. The Bertz CT molecular complexity index is 424. The first kappa shape index (κ1) is 14.0. The monoisotopic (exact) mass is 253 g/mol. The molecule has 0 amide bonds. The molecular weight excluding hydrogens is 238 g/mol. The van der Waals surface area contributed by atoms with Crippen molar-refractivity contribution in [2.24, 2.45) is 0 Å². The number of aromatic nitrogens is 1. The van der Waals surface area contributed by atoms with Crippen LogP contribution in [-0.2, 0) is 19.1 Å². The number of hydrogen-bond acceptors (Lipinski definition) is 6. The summed E-state index contributed by atoms with van der Waals surface area (Å²) in [4.78, 5) is 25.7. The number of nitrogens with zero attached hydrogens (tertiary/aromatic N) is 1. The zero-order valence-corrected chi connectivity index (χ0v) is 10.5. The average Bonchev–Trinajstić information content (AvgIpc) is 2.75. The third kappa shape index (κ3) is 4.82. The van der Waals surface area contributed by atoms with Gasteiger partial charge in [-0.2, -0.15) is 0 Å². The lowest BCUT2D eigenvalue weighted by molar-refractivity contribution is -0.160. The molecule has 0 spiro atoms. The van der Waals surface area contributed by atoms with Crippen molar-refractivity contribution in [2.75, 3.05) is 0 Å². The molecule has 6 heteroatoms. The number of oxazole rings is 1. The fourth-order valence-corrected chi connectivity index (χ4v) is 1.31. The van der Waals surface area contributed by atoms with E-state index in [0.29, 0.717) is 5.69 Å². The zero-order chi connectivity index (χ0) is 13.5. The van der Waals surface area contributed by atoms with Gasteiger partial charge in [-0.3, -0.25) is 9.59 Å². The molecule has 2 atom stereocenters. The number of carbonyl (C=O) groups is 2. The molecule has 1 aromatic rings. The molecule has 0 saturated heterocycles. The van der Waals surface area contributed by atoms with Gasteiger partial charge >= 0.3 is 11.9 Å². The number of esters is 2. The van der Waals surface area contributed by atoms with Gasteiger partial charge in [-0.25, -0.2) is 4.98 Å². The second-order valence-electron chi connectivity index (χ2n) is 3.66. The third-order valence-corrected chi connectivity index (χ3v) is 2.02.